The maximum absolute atomic E-state index is 10.7. The molecule has 66 valence electrons. The summed E-state index contributed by atoms with van der Waals surface area (Å²) in [7, 11) is -4.27. The molecule has 0 saturated heterocycles. The SMILES string of the molecule is [2H]c1c([2H])c([2H])[n+](CC[P+]([O-])(O)O)c([2H])c1[2H]. The summed E-state index contributed by atoms with van der Waals surface area (Å²) < 4.78 is 37.8. The monoisotopic (exact) mass is 193 g/mol. The molecule has 0 bridgehead atoms. The van der Waals surface area contributed by atoms with Crippen molar-refractivity contribution in [2.24, 2.45) is 0 Å². The third-order valence-corrected chi connectivity index (χ3v) is 1.90. The van der Waals surface area contributed by atoms with Crippen molar-refractivity contribution >= 4 is 7.94 Å². The molecule has 0 fully saturated rings. The van der Waals surface area contributed by atoms with Gasteiger partial charge in [-0.05, 0) is 0 Å². The Morgan fingerprint density at radius 1 is 1.33 bits per heavy atom. The van der Waals surface area contributed by atoms with Crippen LogP contribution < -0.4 is 9.46 Å². The van der Waals surface area contributed by atoms with Crippen LogP contribution in [0.25, 0.3) is 0 Å². The first kappa shape index (κ1) is 4.63. The Balaban J connectivity index is 3.16. The third-order valence-electron chi connectivity index (χ3n) is 1.12. The molecule has 0 aromatic carbocycles. The van der Waals surface area contributed by atoms with Crippen molar-refractivity contribution in [3.63, 3.8) is 0 Å². The second-order valence-corrected chi connectivity index (χ2v) is 3.92. The Kier molecular flexibility index (Phi) is 1.51. The van der Waals surface area contributed by atoms with Gasteiger partial charge in [-0.2, -0.15) is 0 Å². The van der Waals surface area contributed by atoms with Gasteiger partial charge in [-0.3, -0.25) is 0 Å². The Morgan fingerprint density at radius 2 is 1.92 bits per heavy atom. The van der Waals surface area contributed by atoms with E-state index < -0.39 is 44.6 Å². The third kappa shape index (κ3) is 3.74. The van der Waals surface area contributed by atoms with Crippen LogP contribution in [0.1, 0.15) is 6.85 Å². The highest BCUT2D eigenvalue weighted by molar-refractivity contribution is 7.57. The minimum absolute atomic E-state index is 0.333. The molecule has 1 aromatic heterocycles. The van der Waals surface area contributed by atoms with Gasteiger partial charge in [0.25, 0.3) is 0 Å². The molecule has 0 saturated carbocycles. The molecule has 0 aliphatic carbocycles. The van der Waals surface area contributed by atoms with Gasteiger partial charge in [0.15, 0.2) is 25.1 Å². The van der Waals surface area contributed by atoms with E-state index in [1.54, 1.807) is 0 Å². The van der Waals surface area contributed by atoms with Crippen LogP contribution in [0.2, 0.25) is 0 Å². The van der Waals surface area contributed by atoms with Gasteiger partial charge in [-0.1, -0.05) is 6.04 Å². The molecule has 2 N–H and O–H groups in total. The average molecular weight is 193 g/mol. The molecule has 0 radical (unpaired) electrons. The fraction of sp³-hybridized carbons (Fsp3) is 0.286. The quantitative estimate of drug-likeness (QED) is 0.482. The molecule has 5 heteroatoms. The number of hydrogen-bond donors (Lipinski definition) is 2. The average Bonchev–Trinajstić information content (AvgIpc) is 2.22. The van der Waals surface area contributed by atoms with Gasteiger partial charge in [-0.25, -0.2) is 14.4 Å². The summed E-state index contributed by atoms with van der Waals surface area (Å²) in [4.78, 5) is 28.1. The minimum Gasteiger partial charge on any atom is -0.632 e. The summed E-state index contributed by atoms with van der Waals surface area (Å²) in [6.45, 7) is -0.333. The lowest BCUT2D eigenvalue weighted by molar-refractivity contribution is -0.693. The van der Waals surface area contributed by atoms with Crippen LogP contribution in [-0.4, -0.2) is 15.9 Å². The fourth-order valence-electron chi connectivity index (χ4n) is 0.592. The van der Waals surface area contributed by atoms with Crippen molar-refractivity contribution in [1.29, 1.82) is 0 Å². The van der Waals surface area contributed by atoms with Crippen molar-refractivity contribution in [3.05, 3.63) is 30.5 Å². The van der Waals surface area contributed by atoms with E-state index in [4.69, 9.17) is 16.6 Å². The zero-order valence-electron chi connectivity index (χ0n) is 11.1. The number of nitrogens with zero attached hydrogens (tertiary/aromatic N) is 1. The van der Waals surface area contributed by atoms with E-state index in [0.29, 0.717) is 0 Å². The van der Waals surface area contributed by atoms with Crippen LogP contribution in [0.3, 0.4) is 0 Å². The van der Waals surface area contributed by atoms with Crippen molar-refractivity contribution < 1.29 is 26.1 Å². The van der Waals surface area contributed by atoms with Crippen LogP contribution in [0.4, 0.5) is 0 Å². The maximum atomic E-state index is 10.7. The molecular weight excluding hydrogens is 177 g/mol. The molecule has 0 atom stereocenters. The molecule has 12 heavy (non-hydrogen) atoms. The van der Waals surface area contributed by atoms with Crippen LogP contribution in [-0.2, 0) is 6.54 Å². The van der Waals surface area contributed by atoms with Gasteiger partial charge < -0.3 is 4.89 Å². The fourth-order valence-corrected chi connectivity index (χ4v) is 1.05. The van der Waals surface area contributed by atoms with E-state index in [2.05, 4.69) is 0 Å². The number of pyridine rings is 1. The number of aromatic nitrogens is 1. The molecular formula is C7H11NO3P+. The number of hydrogen-bond acceptors (Lipinski definition) is 3. The molecule has 1 rings (SSSR count). The highest BCUT2D eigenvalue weighted by atomic mass is 31.2. The second-order valence-electron chi connectivity index (χ2n) is 2.14. The lowest BCUT2D eigenvalue weighted by Gasteiger charge is -2.12. The van der Waals surface area contributed by atoms with Gasteiger partial charge in [0.05, 0.1) is 4.11 Å². The summed E-state index contributed by atoms with van der Waals surface area (Å²) >= 11 is 0. The van der Waals surface area contributed by atoms with Crippen molar-refractivity contribution in [1.82, 2.24) is 0 Å². The molecule has 0 aliphatic heterocycles. The zero-order valence-corrected chi connectivity index (χ0v) is 7.01. The van der Waals surface area contributed by atoms with Gasteiger partial charge in [0, 0.05) is 12.1 Å². The predicted octanol–water partition coefficient (Wildman–Crippen LogP) is -0.918. The molecule has 1 heterocycles. The Bertz CT molecular complexity index is 421. The first-order chi connectivity index (χ1) is 7.65. The summed E-state index contributed by atoms with van der Waals surface area (Å²) in [5.74, 6) is 0. The van der Waals surface area contributed by atoms with Crippen LogP contribution in [0.15, 0.2) is 30.5 Å². The smallest absolute Gasteiger partial charge is 0.236 e. The first-order valence-electron chi connectivity index (χ1n) is 5.66. The van der Waals surface area contributed by atoms with Gasteiger partial charge >= 0.3 is 0 Å². The highest BCUT2D eigenvalue weighted by Crippen LogP contribution is 2.37. The predicted molar refractivity (Wildman–Crippen MR) is 42.9 cm³/mol. The normalized spacial score (nSPS) is 17.4. The highest BCUT2D eigenvalue weighted by Gasteiger charge is 2.20. The summed E-state index contributed by atoms with van der Waals surface area (Å²) in [6.07, 6.45) is -1.57. The zero-order chi connectivity index (χ0) is 13.4. The van der Waals surface area contributed by atoms with Crippen molar-refractivity contribution in [2.75, 3.05) is 6.16 Å². The molecule has 0 aliphatic rings. The van der Waals surface area contributed by atoms with E-state index in [-0.39, 0.29) is 6.54 Å². The standard InChI is InChI=1S/C7H10NO3P/c9-12(10,11)7-6-8-4-2-1-3-5-8/h1-5H,6-7H2,(H-,9,10,11)/p+1/i1D,2D,3D,4D,5D. The van der Waals surface area contributed by atoms with Crippen LogP contribution in [0, 0.1) is 0 Å². The Labute approximate surface area is 78.3 Å². The molecule has 4 nitrogen and oxygen atoms in total. The van der Waals surface area contributed by atoms with Crippen molar-refractivity contribution in [3.8, 4) is 0 Å². The molecule has 1 aromatic rings. The summed E-state index contributed by atoms with van der Waals surface area (Å²) in [5.41, 5.74) is 0. The van der Waals surface area contributed by atoms with Crippen LogP contribution >= 0.6 is 7.94 Å². The lowest BCUT2D eigenvalue weighted by atomic mass is 10.5. The van der Waals surface area contributed by atoms with Gasteiger partial charge in [-0.15, -0.1) is 0 Å². The van der Waals surface area contributed by atoms with E-state index in [0.717, 1.165) is 4.57 Å². The molecule has 0 unspecified atom stereocenters. The van der Waals surface area contributed by atoms with E-state index >= 15 is 0 Å². The topological polar surface area (TPSA) is 67.4 Å². The number of rotatable bonds is 3. The lowest BCUT2D eigenvalue weighted by Crippen LogP contribution is -2.35. The van der Waals surface area contributed by atoms with Crippen LogP contribution in [0.5, 0.6) is 0 Å². The Hall–Kier alpha value is -0.540. The molecule has 0 amide bonds. The summed E-state index contributed by atoms with van der Waals surface area (Å²) in [6, 6.07) is -1.60. The first-order valence-corrected chi connectivity index (χ1v) is 4.96. The van der Waals surface area contributed by atoms with E-state index in [1.165, 1.54) is 0 Å². The van der Waals surface area contributed by atoms with Gasteiger partial charge in [0.1, 0.15) is 2.74 Å². The summed E-state index contributed by atoms with van der Waals surface area (Å²) in [5, 5.41) is 0. The van der Waals surface area contributed by atoms with Gasteiger partial charge in [0.2, 0.25) is 7.94 Å². The molecule has 0 spiro atoms. The second kappa shape index (κ2) is 3.92. The van der Waals surface area contributed by atoms with E-state index in [1.807, 2.05) is 0 Å². The van der Waals surface area contributed by atoms with Crippen molar-refractivity contribution in [2.45, 2.75) is 6.54 Å². The van der Waals surface area contributed by atoms with E-state index in [9.17, 15) is 4.89 Å². The minimum atomic E-state index is -4.27. The maximum Gasteiger partial charge on any atom is 0.236 e. The Morgan fingerprint density at radius 3 is 2.42 bits per heavy atom. The largest absolute Gasteiger partial charge is 0.632 e.